The number of thioether (sulfide) groups is 1. The van der Waals surface area contributed by atoms with E-state index in [0.717, 1.165) is 38.3 Å². The van der Waals surface area contributed by atoms with Crippen molar-refractivity contribution in [1.29, 1.82) is 0 Å². The number of rotatable bonds is 6. The number of hydrogen-bond acceptors (Lipinski definition) is 5. The molecule has 0 fully saturated rings. The van der Waals surface area contributed by atoms with Gasteiger partial charge in [0.2, 0.25) is 0 Å². The van der Waals surface area contributed by atoms with Crippen molar-refractivity contribution in [2.24, 2.45) is 0 Å². The number of benzene rings is 2. The number of nitrogens with one attached hydrogen (secondary N) is 2. The zero-order valence-corrected chi connectivity index (χ0v) is 16.8. The van der Waals surface area contributed by atoms with Gasteiger partial charge in [0.05, 0.1) is 16.4 Å². The van der Waals surface area contributed by atoms with Crippen LogP contribution in [0.4, 0.5) is 5.69 Å². The quantitative estimate of drug-likeness (QED) is 0.421. The molecule has 0 saturated carbocycles. The minimum Gasteiger partial charge on any atom is -0.322 e. The van der Waals surface area contributed by atoms with Crippen LogP contribution < -0.4 is 5.32 Å². The molecule has 4 rings (SSSR count). The number of anilines is 1. The molecule has 0 aliphatic carbocycles. The van der Waals surface area contributed by atoms with Gasteiger partial charge in [-0.3, -0.25) is 9.89 Å². The number of thiazole rings is 1. The summed E-state index contributed by atoms with van der Waals surface area (Å²) in [6.45, 7) is 2.01. The van der Waals surface area contributed by atoms with Crippen LogP contribution in [0.2, 0.25) is 0 Å². The molecular weight excluding hydrogens is 388 g/mol. The van der Waals surface area contributed by atoms with Gasteiger partial charge in [-0.2, -0.15) is 5.10 Å². The molecule has 2 aromatic carbocycles. The monoisotopic (exact) mass is 406 g/mol. The van der Waals surface area contributed by atoms with Crippen LogP contribution in [-0.4, -0.2) is 21.1 Å². The van der Waals surface area contributed by atoms with Gasteiger partial charge in [-0.05, 0) is 49.4 Å². The predicted octanol–water partition coefficient (Wildman–Crippen LogP) is 5.39. The van der Waals surface area contributed by atoms with Crippen LogP contribution in [0.5, 0.6) is 0 Å². The third-order valence-corrected chi connectivity index (χ3v) is 5.97. The summed E-state index contributed by atoms with van der Waals surface area (Å²) < 4.78 is 0. The first kappa shape index (κ1) is 18.5. The van der Waals surface area contributed by atoms with E-state index in [0.29, 0.717) is 5.56 Å². The second-order valence-electron chi connectivity index (χ2n) is 6.18. The summed E-state index contributed by atoms with van der Waals surface area (Å²) >= 11 is 3.38. The summed E-state index contributed by atoms with van der Waals surface area (Å²) in [6, 6.07) is 17.2. The van der Waals surface area contributed by atoms with Gasteiger partial charge in [-0.1, -0.05) is 12.1 Å². The molecule has 2 aromatic heterocycles. The molecule has 28 heavy (non-hydrogen) atoms. The minimum atomic E-state index is -0.131. The maximum Gasteiger partial charge on any atom is 0.255 e. The Labute approximate surface area is 171 Å². The first-order valence-electron chi connectivity index (χ1n) is 8.72. The van der Waals surface area contributed by atoms with Crippen molar-refractivity contribution >= 4 is 34.7 Å². The average molecular weight is 407 g/mol. The van der Waals surface area contributed by atoms with E-state index in [1.54, 1.807) is 29.3 Å². The summed E-state index contributed by atoms with van der Waals surface area (Å²) in [7, 11) is 0. The Balaban J connectivity index is 1.39. The van der Waals surface area contributed by atoms with Gasteiger partial charge in [-0.25, -0.2) is 4.98 Å². The molecule has 140 valence electrons. The van der Waals surface area contributed by atoms with Crippen molar-refractivity contribution in [3.63, 3.8) is 0 Å². The van der Waals surface area contributed by atoms with Crippen LogP contribution in [0, 0.1) is 6.92 Å². The lowest BCUT2D eigenvalue weighted by Gasteiger charge is -2.08. The van der Waals surface area contributed by atoms with Crippen LogP contribution >= 0.6 is 23.1 Å². The third kappa shape index (κ3) is 4.49. The van der Waals surface area contributed by atoms with E-state index in [1.807, 2.05) is 61.5 Å². The van der Waals surface area contributed by atoms with Crippen molar-refractivity contribution in [1.82, 2.24) is 15.2 Å². The van der Waals surface area contributed by atoms with Crippen LogP contribution in [0.1, 0.15) is 21.1 Å². The molecule has 2 heterocycles. The van der Waals surface area contributed by atoms with Crippen LogP contribution in [0.15, 0.2) is 71.1 Å². The second kappa shape index (κ2) is 8.41. The highest BCUT2D eigenvalue weighted by molar-refractivity contribution is 7.98. The molecule has 0 bridgehead atoms. The van der Waals surface area contributed by atoms with Gasteiger partial charge in [0.1, 0.15) is 0 Å². The Bertz CT molecular complexity index is 1070. The van der Waals surface area contributed by atoms with Gasteiger partial charge < -0.3 is 5.32 Å². The van der Waals surface area contributed by atoms with Crippen molar-refractivity contribution in [2.75, 3.05) is 5.32 Å². The number of carbonyl (C=O) groups excluding carboxylic acids is 1. The molecule has 0 unspecified atom stereocenters. The average Bonchev–Trinajstić information content (AvgIpc) is 3.39. The predicted molar refractivity (Wildman–Crippen MR) is 115 cm³/mol. The fraction of sp³-hybridized carbons (Fsp3) is 0.0952. The SMILES string of the molecule is Cc1nc(CSc2ccc(C(=O)Nc3cccc(-c4ccn[nH]4)c3)cc2)cs1. The van der Waals surface area contributed by atoms with E-state index < -0.39 is 0 Å². The largest absolute Gasteiger partial charge is 0.322 e. The van der Waals surface area contributed by atoms with Crippen LogP contribution in [0.3, 0.4) is 0 Å². The fourth-order valence-corrected chi connectivity index (χ4v) is 4.23. The van der Waals surface area contributed by atoms with Gasteiger partial charge in [0.15, 0.2) is 0 Å². The maximum absolute atomic E-state index is 12.6. The van der Waals surface area contributed by atoms with E-state index in [-0.39, 0.29) is 5.91 Å². The fourth-order valence-electron chi connectivity index (χ4n) is 2.72. The Kier molecular flexibility index (Phi) is 5.55. The number of nitrogens with zero attached hydrogens (tertiary/aromatic N) is 2. The summed E-state index contributed by atoms with van der Waals surface area (Å²) in [5.41, 5.74) is 4.34. The highest BCUT2D eigenvalue weighted by Crippen LogP contribution is 2.25. The smallest absolute Gasteiger partial charge is 0.255 e. The molecule has 2 N–H and O–H groups in total. The summed E-state index contributed by atoms with van der Waals surface area (Å²) in [6.07, 6.45) is 1.70. The van der Waals surface area contributed by atoms with Crippen molar-refractivity contribution in [3.05, 3.63) is 82.4 Å². The van der Waals surface area contributed by atoms with Gasteiger partial charge in [0, 0.05) is 39.0 Å². The van der Waals surface area contributed by atoms with Crippen LogP contribution in [-0.2, 0) is 5.75 Å². The lowest BCUT2D eigenvalue weighted by molar-refractivity contribution is 0.102. The Morgan fingerprint density at radius 1 is 1.18 bits per heavy atom. The molecule has 4 aromatic rings. The van der Waals surface area contributed by atoms with Crippen LogP contribution in [0.25, 0.3) is 11.3 Å². The van der Waals surface area contributed by atoms with Crippen molar-refractivity contribution in [3.8, 4) is 11.3 Å². The maximum atomic E-state index is 12.6. The molecular formula is C21H18N4OS2. The lowest BCUT2D eigenvalue weighted by atomic mass is 10.1. The topological polar surface area (TPSA) is 70.7 Å². The number of amides is 1. The van der Waals surface area contributed by atoms with E-state index in [1.165, 1.54) is 0 Å². The number of aromatic nitrogens is 3. The summed E-state index contributed by atoms with van der Waals surface area (Å²) in [4.78, 5) is 18.1. The third-order valence-electron chi connectivity index (χ3n) is 4.10. The number of aromatic amines is 1. The first-order chi connectivity index (χ1) is 13.7. The molecule has 1 amide bonds. The Hall–Kier alpha value is -2.90. The molecule has 0 atom stereocenters. The molecule has 0 aliphatic heterocycles. The van der Waals surface area contributed by atoms with Gasteiger partial charge in [-0.15, -0.1) is 23.1 Å². The summed E-state index contributed by atoms with van der Waals surface area (Å²) in [5, 5.41) is 13.0. The first-order valence-corrected chi connectivity index (χ1v) is 10.6. The van der Waals surface area contributed by atoms with Crippen molar-refractivity contribution in [2.45, 2.75) is 17.6 Å². The van der Waals surface area contributed by atoms with E-state index in [9.17, 15) is 4.79 Å². The number of H-pyrrole nitrogens is 1. The standard InChI is InChI=1S/C21H18N4OS2/c1-14-23-18(12-27-14)13-28-19-7-5-15(6-8-19)21(26)24-17-4-2-3-16(11-17)20-9-10-22-25-20/h2-12H,13H2,1H3,(H,22,25)(H,24,26). The molecule has 7 heteroatoms. The molecule has 0 aliphatic rings. The van der Waals surface area contributed by atoms with Gasteiger partial charge >= 0.3 is 0 Å². The molecule has 0 spiro atoms. The number of aryl methyl sites for hydroxylation is 1. The zero-order chi connectivity index (χ0) is 19.3. The molecule has 5 nitrogen and oxygen atoms in total. The highest BCUT2D eigenvalue weighted by atomic mass is 32.2. The second-order valence-corrected chi connectivity index (χ2v) is 8.29. The van der Waals surface area contributed by atoms with Crippen molar-refractivity contribution < 1.29 is 4.79 Å². The number of hydrogen-bond donors (Lipinski definition) is 2. The lowest BCUT2D eigenvalue weighted by Crippen LogP contribution is -2.11. The van der Waals surface area contributed by atoms with E-state index >= 15 is 0 Å². The summed E-state index contributed by atoms with van der Waals surface area (Å²) in [5.74, 6) is 0.699. The Morgan fingerprint density at radius 3 is 2.75 bits per heavy atom. The van der Waals surface area contributed by atoms with E-state index in [2.05, 4.69) is 25.9 Å². The number of carbonyl (C=O) groups is 1. The van der Waals surface area contributed by atoms with E-state index in [4.69, 9.17) is 0 Å². The molecule has 0 saturated heterocycles. The normalized spacial score (nSPS) is 10.8. The molecule has 0 radical (unpaired) electrons. The highest BCUT2D eigenvalue weighted by Gasteiger charge is 2.08. The Morgan fingerprint density at radius 2 is 2.04 bits per heavy atom. The van der Waals surface area contributed by atoms with Gasteiger partial charge in [0.25, 0.3) is 5.91 Å². The zero-order valence-electron chi connectivity index (χ0n) is 15.2. The minimum absolute atomic E-state index is 0.131.